The molecule has 0 bridgehead atoms. The molecule has 1 aliphatic heterocycles. The van der Waals surface area contributed by atoms with Gasteiger partial charge < -0.3 is 4.74 Å². The minimum atomic E-state index is -3.60. The number of sulfonamides is 1. The molecule has 3 rings (SSSR count). The summed E-state index contributed by atoms with van der Waals surface area (Å²) in [4.78, 5) is 0. The van der Waals surface area contributed by atoms with Crippen LogP contribution in [0.15, 0.2) is 54.6 Å². The van der Waals surface area contributed by atoms with Crippen LogP contribution in [0.1, 0.15) is 24.5 Å². The summed E-state index contributed by atoms with van der Waals surface area (Å²) in [6.07, 6.45) is -0.227. The molecule has 0 aromatic heterocycles. The Balaban J connectivity index is 1.56. The molecule has 0 unspecified atom stereocenters. The summed E-state index contributed by atoms with van der Waals surface area (Å²) in [6.45, 7) is 0.692. The summed E-state index contributed by atoms with van der Waals surface area (Å²) in [7, 11) is -3.60. The van der Waals surface area contributed by atoms with Crippen molar-refractivity contribution in [3.63, 3.8) is 0 Å². The molecular weight excluding hydrogens is 374 g/mol. The van der Waals surface area contributed by atoms with Crippen molar-refractivity contribution in [3.8, 4) is 5.75 Å². The summed E-state index contributed by atoms with van der Waals surface area (Å²) < 4.78 is 32.4. The Morgan fingerprint density at radius 1 is 1.04 bits per heavy atom. The Kier molecular flexibility index (Phi) is 6.19. The molecule has 5 nitrogen and oxygen atoms in total. The fourth-order valence-electron chi connectivity index (χ4n) is 3.01. The van der Waals surface area contributed by atoms with Gasteiger partial charge in [0.1, 0.15) is 18.0 Å². The van der Waals surface area contributed by atoms with Gasteiger partial charge in [-0.05, 0) is 30.5 Å². The molecule has 139 valence electrons. The second-order valence-electron chi connectivity index (χ2n) is 6.32. The zero-order valence-corrected chi connectivity index (χ0v) is 15.8. The molecule has 1 heterocycles. The monoisotopic (exact) mass is 394 g/mol. The van der Waals surface area contributed by atoms with Crippen LogP contribution in [0.4, 0.5) is 0 Å². The van der Waals surface area contributed by atoms with Crippen molar-refractivity contribution in [1.82, 2.24) is 4.31 Å². The van der Waals surface area contributed by atoms with Crippen molar-refractivity contribution in [2.24, 2.45) is 0 Å². The second kappa shape index (κ2) is 8.39. The fourth-order valence-corrected chi connectivity index (χ4v) is 4.74. The molecule has 1 fully saturated rings. The van der Waals surface area contributed by atoms with Crippen molar-refractivity contribution >= 4 is 21.6 Å². The van der Waals surface area contributed by atoms with Gasteiger partial charge in [0, 0.05) is 13.1 Å². The van der Waals surface area contributed by atoms with Crippen LogP contribution in [0.2, 0.25) is 5.02 Å². The lowest BCUT2D eigenvalue weighted by Gasteiger charge is -2.32. The molecular formula is C19H21ClNO4S. The summed E-state index contributed by atoms with van der Waals surface area (Å²) in [5.74, 6) is 0.187. The quantitative estimate of drug-likeness (QED) is 0.750. The van der Waals surface area contributed by atoms with E-state index in [1.807, 2.05) is 12.1 Å². The number of benzene rings is 2. The number of ether oxygens (including phenoxy) is 1. The van der Waals surface area contributed by atoms with Crippen LogP contribution in [0.5, 0.6) is 5.75 Å². The van der Waals surface area contributed by atoms with Crippen LogP contribution in [0.3, 0.4) is 0 Å². The molecule has 0 amide bonds. The Labute approximate surface area is 159 Å². The van der Waals surface area contributed by atoms with E-state index in [-0.39, 0.29) is 6.10 Å². The maximum atomic E-state index is 12.6. The number of halogens is 1. The van der Waals surface area contributed by atoms with E-state index >= 15 is 0 Å². The molecule has 1 saturated heterocycles. The SMILES string of the molecule is [O][C@@H](CS(=O)(=O)N1CCC(Oc2ccccc2Cl)CC1)c1ccccc1. The first kappa shape index (κ1) is 19.2. The lowest BCUT2D eigenvalue weighted by Crippen LogP contribution is -2.43. The molecule has 1 aliphatic rings. The first-order chi connectivity index (χ1) is 12.5. The van der Waals surface area contributed by atoms with Gasteiger partial charge in [0.25, 0.3) is 0 Å². The predicted molar refractivity (Wildman–Crippen MR) is 100 cm³/mol. The highest BCUT2D eigenvalue weighted by atomic mass is 35.5. The zero-order chi connectivity index (χ0) is 18.6. The highest BCUT2D eigenvalue weighted by Crippen LogP contribution is 2.28. The molecule has 1 atom stereocenters. The van der Waals surface area contributed by atoms with Crippen molar-refractivity contribution in [1.29, 1.82) is 0 Å². The van der Waals surface area contributed by atoms with Crippen LogP contribution in [0, 0.1) is 0 Å². The van der Waals surface area contributed by atoms with Crippen LogP contribution in [0.25, 0.3) is 0 Å². The summed E-state index contributed by atoms with van der Waals surface area (Å²) in [5, 5.41) is 12.8. The maximum Gasteiger partial charge on any atom is 0.217 e. The van der Waals surface area contributed by atoms with Crippen molar-refractivity contribution in [2.75, 3.05) is 18.8 Å². The highest BCUT2D eigenvalue weighted by molar-refractivity contribution is 7.89. The van der Waals surface area contributed by atoms with Crippen molar-refractivity contribution in [2.45, 2.75) is 25.0 Å². The Bertz CT molecular complexity index is 820. The zero-order valence-electron chi connectivity index (χ0n) is 14.3. The molecule has 0 aliphatic carbocycles. The molecule has 1 radical (unpaired) electrons. The summed E-state index contributed by atoms with van der Waals surface area (Å²) in [5.41, 5.74) is 0.494. The number of hydrogen-bond acceptors (Lipinski definition) is 3. The average molecular weight is 395 g/mol. The minimum Gasteiger partial charge on any atom is -0.489 e. The third-order valence-corrected chi connectivity index (χ3v) is 6.65. The number of hydrogen-bond donors (Lipinski definition) is 0. The van der Waals surface area contributed by atoms with E-state index in [0.717, 1.165) is 0 Å². The Morgan fingerprint density at radius 2 is 1.65 bits per heavy atom. The number of nitrogens with zero attached hydrogens (tertiary/aromatic N) is 1. The van der Waals surface area contributed by atoms with E-state index in [0.29, 0.717) is 42.3 Å². The molecule has 2 aromatic rings. The maximum absolute atomic E-state index is 12.6. The highest BCUT2D eigenvalue weighted by Gasteiger charge is 2.31. The van der Waals surface area contributed by atoms with Crippen LogP contribution in [-0.4, -0.2) is 37.7 Å². The van der Waals surface area contributed by atoms with Gasteiger partial charge in [0.15, 0.2) is 0 Å². The smallest absolute Gasteiger partial charge is 0.217 e. The average Bonchev–Trinajstić information content (AvgIpc) is 2.64. The molecule has 0 N–H and O–H groups in total. The van der Waals surface area contributed by atoms with E-state index in [9.17, 15) is 13.5 Å². The van der Waals surface area contributed by atoms with Gasteiger partial charge >= 0.3 is 0 Å². The van der Waals surface area contributed by atoms with Gasteiger partial charge in [0.05, 0.1) is 10.8 Å². The van der Waals surface area contributed by atoms with E-state index < -0.39 is 21.9 Å². The minimum absolute atomic E-state index is 0.0847. The standard InChI is InChI=1S/C19H21ClNO4S/c20-17-8-4-5-9-19(17)25-16-10-12-21(13-11-16)26(23,24)14-18(22)15-6-2-1-3-7-15/h1-9,16,18H,10-14H2/t18-/m0/s1. The van der Waals surface area contributed by atoms with Gasteiger partial charge in [-0.25, -0.2) is 17.8 Å². The van der Waals surface area contributed by atoms with E-state index in [1.54, 1.807) is 42.5 Å². The van der Waals surface area contributed by atoms with Crippen LogP contribution in [-0.2, 0) is 15.1 Å². The van der Waals surface area contributed by atoms with Crippen molar-refractivity contribution < 1.29 is 18.3 Å². The normalized spacial score (nSPS) is 17.8. The van der Waals surface area contributed by atoms with Crippen LogP contribution < -0.4 is 4.74 Å². The first-order valence-electron chi connectivity index (χ1n) is 8.55. The Hall–Kier alpha value is -1.60. The third-order valence-electron chi connectivity index (χ3n) is 4.46. The van der Waals surface area contributed by atoms with Crippen LogP contribution >= 0.6 is 11.6 Å². The van der Waals surface area contributed by atoms with E-state index in [2.05, 4.69) is 0 Å². The lowest BCUT2D eigenvalue weighted by atomic mass is 10.1. The predicted octanol–water partition coefficient (Wildman–Crippen LogP) is 3.68. The molecule has 7 heteroatoms. The molecule has 0 saturated carbocycles. The first-order valence-corrected chi connectivity index (χ1v) is 10.5. The summed E-state index contributed by atoms with van der Waals surface area (Å²) in [6, 6.07) is 15.8. The molecule has 26 heavy (non-hydrogen) atoms. The van der Waals surface area contributed by atoms with Gasteiger partial charge in [-0.1, -0.05) is 54.1 Å². The second-order valence-corrected chi connectivity index (χ2v) is 8.75. The van der Waals surface area contributed by atoms with Gasteiger partial charge in [-0.3, -0.25) is 0 Å². The van der Waals surface area contributed by atoms with Gasteiger partial charge in [-0.2, -0.15) is 0 Å². The van der Waals surface area contributed by atoms with Gasteiger partial charge in [0.2, 0.25) is 10.0 Å². The Morgan fingerprint density at radius 3 is 2.31 bits per heavy atom. The van der Waals surface area contributed by atoms with E-state index in [1.165, 1.54) is 4.31 Å². The number of para-hydroxylation sites is 1. The third kappa shape index (κ3) is 4.76. The topological polar surface area (TPSA) is 66.5 Å². The fraction of sp³-hybridized carbons (Fsp3) is 0.368. The largest absolute Gasteiger partial charge is 0.489 e. The van der Waals surface area contributed by atoms with E-state index in [4.69, 9.17) is 16.3 Å². The molecule has 0 spiro atoms. The van der Waals surface area contributed by atoms with Gasteiger partial charge in [-0.15, -0.1) is 0 Å². The van der Waals surface area contributed by atoms with Crippen molar-refractivity contribution in [3.05, 3.63) is 65.2 Å². The number of piperidine rings is 1. The number of rotatable bonds is 6. The summed E-state index contributed by atoms with van der Waals surface area (Å²) >= 11 is 6.09. The molecule has 2 aromatic carbocycles. The lowest BCUT2D eigenvalue weighted by molar-refractivity contribution is 0.105.